The lowest BCUT2D eigenvalue weighted by Gasteiger charge is -2.19. The molecule has 0 fully saturated rings. The summed E-state index contributed by atoms with van der Waals surface area (Å²) in [5, 5.41) is 0.718. The van der Waals surface area contributed by atoms with Crippen LogP contribution in [0.25, 0.3) is 11.1 Å². The van der Waals surface area contributed by atoms with Crippen LogP contribution in [-0.2, 0) is 7.05 Å². The van der Waals surface area contributed by atoms with Gasteiger partial charge in [0.1, 0.15) is 17.5 Å². The number of hydrogen-bond acceptors (Lipinski definition) is 4. The minimum atomic E-state index is -0.346. The molecule has 0 radical (unpaired) electrons. The smallest absolute Gasteiger partial charge is 0.265 e. The van der Waals surface area contributed by atoms with Gasteiger partial charge in [-0.2, -0.15) is 0 Å². The predicted octanol–water partition coefficient (Wildman–Crippen LogP) is 3.07. The van der Waals surface area contributed by atoms with E-state index < -0.39 is 0 Å². The second kappa shape index (κ2) is 5.79. The lowest BCUT2D eigenvalue weighted by molar-refractivity contribution is 0.0992. The summed E-state index contributed by atoms with van der Waals surface area (Å²) in [4.78, 5) is 31.0. The molecule has 7 heteroatoms. The molecule has 6 nitrogen and oxygen atoms in total. The number of hydrogen-bond donors (Lipinski definition) is 0. The van der Waals surface area contributed by atoms with Gasteiger partial charge in [0, 0.05) is 24.8 Å². The van der Waals surface area contributed by atoms with Gasteiger partial charge >= 0.3 is 0 Å². The van der Waals surface area contributed by atoms with Crippen molar-refractivity contribution >= 4 is 34.3 Å². The van der Waals surface area contributed by atoms with Gasteiger partial charge < -0.3 is 13.9 Å². The quantitative estimate of drug-likeness (QED) is 0.715. The molecule has 0 aliphatic rings. The highest BCUT2D eigenvalue weighted by Gasteiger charge is 2.26. The van der Waals surface area contributed by atoms with Crippen molar-refractivity contribution in [2.45, 2.75) is 13.8 Å². The molecule has 0 saturated heterocycles. The van der Waals surface area contributed by atoms with E-state index in [1.165, 1.54) is 15.8 Å². The van der Waals surface area contributed by atoms with Gasteiger partial charge in [0.05, 0.1) is 5.56 Å². The van der Waals surface area contributed by atoms with Crippen molar-refractivity contribution in [2.24, 2.45) is 7.05 Å². The predicted molar refractivity (Wildman–Crippen MR) is 92.9 cm³/mol. The summed E-state index contributed by atoms with van der Waals surface area (Å²) in [6, 6.07) is 5.31. The van der Waals surface area contributed by atoms with Crippen LogP contribution in [0.15, 0.2) is 33.7 Å². The van der Waals surface area contributed by atoms with Gasteiger partial charge in [0.25, 0.3) is 11.5 Å². The molecule has 0 aliphatic heterocycles. The average molecular weight is 346 g/mol. The molecule has 1 aromatic carbocycles. The van der Waals surface area contributed by atoms with Crippen molar-refractivity contribution in [3.63, 3.8) is 0 Å². The fourth-order valence-electron chi connectivity index (χ4n) is 2.67. The van der Waals surface area contributed by atoms with E-state index in [2.05, 4.69) is 4.98 Å². The van der Waals surface area contributed by atoms with Gasteiger partial charge in [0.2, 0.25) is 5.71 Å². The summed E-state index contributed by atoms with van der Waals surface area (Å²) < 4.78 is 6.82. The third kappa shape index (κ3) is 2.49. The Morgan fingerprint density at radius 1 is 1.33 bits per heavy atom. The summed E-state index contributed by atoms with van der Waals surface area (Å²) in [6.07, 6.45) is 1.37. The highest BCUT2D eigenvalue weighted by Crippen LogP contribution is 2.28. The second-order valence-electron chi connectivity index (χ2n) is 5.67. The molecule has 0 N–H and O–H groups in total. The van der Waals surface area contributed by atoms with E-state index in [1.54, 1.807) is 33.2 Å². The van der Waals surface area contributed by atoms with Crippen LogP contribution < -0.4 is 10.5 Å². The van der Waals surface area contributed by atoms with Gasteiger partial charge in [-0.05, 0) is 31.5 Å². The molecule has 1 amide bonds. The highest BCUT2D eigenvalue weighted by molar-refractivity contribution is 6.31. The normalized spacial score (nSPS) is 11.0. The molecular weight excluding hydrogens is 330 g/mol. The molecule has 3 aromatic rings. The maximum absolute atomic E-state index is 13.0. The number of aromatic nitrogens is 2. The number of fused-ring (bicyclic) bond motifs is 1. The zero-order valence-corrected chi connectivity index (χ0v) is 14.5. The molecule has 0 spiro atoms. The molecule has 124 valence electrons. The minimum Gasteiger partial charge on any atom is -0.442 e. The summed E-state index contributed by atoms with van der Waals surface area (Å²) in [5.74, 6) is 0.0130. The van der Waals surface area contributed by atoms with E-state index in [0.717, 1.165) is 5.56 Å². The number of anilines is 1. The first kappa shape index (κ1) is 16.3. The fraction of sp³-hybridized carbons (Fsp3) is 0.235. The number of halogens is 1. The molecular formula is C17H16ClN3O3. The third-order valence-corrected chi connectivity index (χ3v) is 4.23. The van der Waals surface area contributed by atoms with Crippen LogP contribution in [0.5, 0.6) is 0 Å². The van der Waals surface area contributed by atoms with Crippen LogP contribution in [0.3, 0.4) is 0 Å². The van der Waals surface area contributed by atoms with Gasteiger partial charge in [-0.3, -0.25) is 9.59 Å². The Hall–Kier alpha value is -2.60. The van der Waals surface area contributed by atoms with Crippen LogP contribution >= 0.6 is 11.6 Å². The van der Waals surface area contributed by atoms with Crippen LogP contribution in [0.2, 0.25) is 5.02 Å². The maximum atomic E-state index is 13.0. The molecule has 0 aliphatic carbocycles. The monoisotopic (exact) mass is 345 g/mol. The summed E-state index contributed by atoms with van der Waals surface area (Å²) >= 11 is 6.04. The van der Waals surface area contributed by atoms with Gasteiger partial charge in [0.15, 0.2) is 0 Å². The first-order valence-electron chi connectivity index (χ1n) is 7.30. The number of benzene rings is 1. The lowest BCUT2D eigenvalue weighted by atomic mass is 10.1. The van der Waals surface area contributed by atoms with Crippen molar-refractivity contribution in [3.8, 4) is 0 Å². The number of rotatable bonds is 2. The average Bonchev–Trinajstić information content (AvgIpc) is 2.89. The highest BCUT2D eigenvalue weighted by atomic mass is 35.5. The van der Waals surface area contributed by atoms with E-state index in [1.807, 2.05) is 13.0 Å². The van der Waals surface area contributed by atoms with E-state index in [0.29, 0.717) is 16.5 Å². The van der Waals surface area contributed by atoms with E-state index in [9.17, 15) is 9.59 Å². The van der Waals surface area contributed by atoms with Crippen molar-refractivity contribution in [1.82, 2.24) is 9.55 Å². The number of furan rings is 1. The Bertz CT molecular complexity index is 1020. The van der Waals surface area contributed by atoms with Crippen LogP contribution in [0.4, 0.5) is 5.69 Å². The fourth-order valence-corrected chi connectivity index (χ4v) is 2.83. The van der Waals surface area contributed by atoms with Gasteiger partial charge in [-0.15, -0.1) is 0 Å². The topological polar surface area (TPSA) is 68.3 Å². The largest absolute Gasteiger partial charge is 0.442 e. The molecule has 2 heterocycles. The van der Waals surface area contributed by atoms with Crippen LogP contribution in [-0.4, -0.2) is 22.5 Å². The van der Waals surface area contributed by atoms with Crippen molar-refractivity contribution in [1.29, 1.82) is 0 Å². The van der Waals surface area contributed by atoms with Crippen molar-refractivity contribution in [2.75, 3.05) is 11.9 Å². The first-order chi connectivity index (χ1) is 11.3. The van der Waals surface area contributed by atoms with E-state index in [4.69, 9.17) is 16.0 Å². The maximum Gasteiger partial charge on any atom is 0.265 e. The number of nitrogens with zero attached hydrogens (tertiary/aromatic N) is 3. The van der Waals surface area contributed by atoms with Gasteiger partial charge in [-0.1, -0.05) is 17.7 Å². The van der Waals surface area contributed by atoms with Crippen molar-refractivity contribution < 1.29 is 9.21 Å². The molecule has 24 heavy (non-hydrogen) atoms. The molecule has 0 unspecified atom stereocenters. The molecule has 2 aromatic heterocycles. The number of amides is 1. The molecule has 0 saturated carbocycles. The summed E-state index contributed by atoms with van der Waals surface area (Å²) in [6.45, 7) is 3.53. The van der Waals surface area contributed by atoms with Crippen LogP contribution in [0, 0.1) is 13.8 Å². The number of carbonyl (C=O) groups is 1. The molecule has 3 rings (SSSR count). The Labute approximate surface area is 143 Å². The molecule has 0 bridgehead atoms. The second-order valence-corrected chi connectivity index (χ2v) is 6.11. The van der Waals surface area contributed by atoms with E-state index in [-0.39, 0.29) is 28.1 Å². The van der Waals surface area contributed by atoms with Gasteiger partial charge in [-0.25, -0.2) is 4.98 Å². The minimum absolute atomic E-state index is 0.162. The summed E-state index contributed by atoms with van der Waals surface area (Å²) in [5.41, 5.74) is 1.63. The van der Waals surface area contributed by atoms with Crippen molar-refractivity contribution in [3.05, 3.63) is 56.8 Å². The Morgan fingerprint density at radius 3 is 2.75 bits per heavy atom. The summed E-state index contributed by atoms with van der Waals surface area (Å²) in [7, 11) is 3.22. The standard InChI is InChI=1S/C17H16ClN3O3/c1-9-5-6-11(18)7-12(9)21(4)17(23)13-10(2)24-15-14(13)16(22)20(3)8-19-15/h5-8H,1-4H3. The SMILES string of the molecule is Cc1ccc(Cl)cc1N(C)C(=O)c1c(C)oc2ncn(C)c(=O)c12. The van der Waals surface area contributed by atoms with Crippen LogP contribution in [0.1, 0.15) is 21.7 Å². The van der Waals surface area contributed by atoms with E-state index >= 15 is 0 Å². The number of aryl methyl sites for hydroxylation is 3. The zero-order chi connectivity index (χ0) is 17.6. The lowest BCUT2D eigenvalue weighted by Crippen LogP contribution is -2.29. The Morgan fingerprint density at radius 2 is 2.04 bits per heavy atom. The first-order valence-corrected chi connectivity index (χ1v) is 7.68. The third-order valence-electron chi connectivity index (χ3n) is 4.00. The zero-order valence-electron chi connectivity index (χ0n) is 13.8. The number of carbonyl (C=O) groups excluding carboxylic acids is 1. The Balaban J connectivity index is 2.19. The molecule has 0 atom stereocenters. The Kier molecular flexibility index (Phi) is 3.93.